The van der Waals surface area contributed by atoms with Crippen LogP contribution in [0.25, 0.3) is 0 Å². The van der Waals surface area contributed by atoms with E-state index in [2.05, 4.69) is 20.4 Å². The van der Waals surface area contributed by atoms with Crippen LogP contribution in [0, 0.1) is 0 Å². The Morgan fingerprint density at radius 1 is 1.14 bits per heavy atom. The first-order valence-electron chi connectivity index (χ1n) is 4.05. The maximum absolute atomic E-state index is 9.18. The first-order valence-corrected chi connectivity index (χ1v) is 4.05. The third kappa shape index (κ3) is 1.77. The molecule has 14 heavy (non-hydrogen) atoms. The van der Waals surface area contributed by atoms with Crippen LogP contribution >= 0.6 is 0 Å². The molecule has 2 N–H and O–H groups in total. The molecule has 0 spiro atoms. The van der Waals surface area contributed by atoms with Crippen molar-refractivity contribution in [1.29, 1.82) is 0 Å². The monoisotopic (exact) mass is 188 g/mol. The standard InChI is InChI=1S/C9H8N4O/c14-8-6-10-12-9(8)13-11-7-4-2-1-3-5-7/h1-6,14H,(H,10,12). The Morgan fingerprint density at radius 3 is 2.57 bits per heavy atom. The summed E-state index contributed by atoms with van der Waals surface area (Å²) in [5.41, 5.74) is 0.724. The maximum Gasteiger partial charge on any atom is 0.212 e. The lowest BCUT2D eigenvalue weighted by atomic mass is 10.3. The van der Waals surface area contributed by atoms with Crippen molar-refractivity contribution in [2.75, 3.05) is 0 Å². The fourth-order valence-corrected chi connectivity index (χ4v) is 0.949. The lowest BCUT2D eigenvalue weighted by Gasteiger charge is -1.89. The molecule has 0 radical (unpaired) electrons. The third-order valence-electron chi connectivity index (χ3n) is 1.62. The quantitative estimate of drug-likeness (QED) is 0.710. The van der Waals surface area contributed by atoms with Gasteiger partial charge < -0.3 is 5.11 Å². The molecule has 0 saturated heterocycles. The van der Waals surface area contributed by atoms with E-state index in [1.54, 1.807) is 0 Å². The van der Waals surface area contributed by atoms with E-state index < -0.39 is 0 Å². The number of benzene rings is 1. The highest BCUT2D eigenvalue weighted by atomic mass is 16.3. The van der Waals surface area contributed by atoms with E-state index in [1.165, 1.54) is 6.20 Å². The largest absolute Gasteiger partial charge is 0.503 e. The first kappa shape index (κ1) is 8.43. The smallest absolute Gasteiger partial charge is 0.212 e. The van der Waals surface area contributed by atoms with Crippen molar-refractivity contribution in [3.05, 3.63) is 36.5 Å². The Balaban J connectivity index is 2.20. The molecule has 1 aromatic carbocycles. The van der Waals surface area contributed by atoms with Crippen LogP contribution in [0.4, 0.5) is 11.5 Å². The highest BCUT2D eigenvalue weighted by molar-refractivity contribution is 5.42. The summed E-state index contributed by atoms with van der Waals surface area (Å²) < 4.78 is 0. The number of hydrogen-bond donors (Lipinski definition) is 2. The van der Waals surface area contributed by atoms with Gasteiger partial charge >= 0.3 is 0 Å². The van der Waals surface area contributed by atoms with Crippen molar-refractivity contribution in [2.45, 2.75) is 0 Å². The Labute approximate surface area is 80.1 Å². The molecule has 0 fully saturated rings. The summed E-state index contributed by atoms with van der Waals surface area (Å²) in [7, 11) is 0. The molecule has 0 atom stereocenters. The summed E-state index contributed by atoms with van der Waals surface area (Å²) in [6.07, 6.45) is 1.28. The molecule has 0 saturated carbocycles. The Morgan fingerprint density at radius 2 is 1.93 bits per heavy atom. The molecule has 0 unspecified atom stereocenters. The minimum Gasteiger partial charge on any atom is -0.503 e. The Hall–Kier alpha value is -2.17. The SMILES string of the molecule is Oc1cn[nH]c1N=Nc1ccccc1. The Bertz CT molecular complexity index is 435. The van der Waals surface area contributed by atoms with Gasteiger partial charge in [0.25, 0.3) is 0 Å². The molecule has 2 rings (SSSR count). The van der Waals surface area contributed by atoms with E-state index in [9.17, 15) is 5.11 Å². The van der Waals surface area contributed by atoms with Gasteiger partial charge in [0, 0.05) is 0 Å². The zero-order valence-corrected chi connectivity index (χ0v) is 7.25. The summed E-state index contributed by atoms with van der Waals surface area (Å²) in [6.45, 7) is 0. The van der Waals surface area contributed by atoms with E-state index in [1.807, 2.05) is 30.3 Å². The van der Waals surface area contributed by atoms with Crippen LogP contribution < -0.4 is 0 Å². The fraction of sp³-hybridized carbons (Fsp3) is 0. The van der Waals surface area contributed by atoms with Gasteiger partial charge in [-0.1, -0.05) is 18.2 Å². The van der Waals surface area contributed by atoms with Gasteiger partial charge in [-0.3, -0.25) is 5.10 Å². The summed E-state index contributed by atoms with van der Waals surface area (Å²) in [6, 6.07) is 9.25. The van der Waals surface area contributed by atoms with Crippen LogP contribution in [0.3, 0.4) is 0 Å². The second-order valence-corrected chi connectivity index (χ2v) is 2.64. The number of nitrogens with one attached hydrogen (secondary N) is 1. The average molecular weight is 188 g/mol. The van der Waals surface area contributed by atoms with Crippen LogP contribution in [0.1, 0.15) is 0 Å². The van der Waals surface area contributed by atoms with E-state index >= 15 is 0 Å². The van der Waals surface area contributed by atoms with Gasteiger partial charge in [-0.05, 0) is 12.1 Å². The van der Waals surface area contributed by atoms with Crippen LogP contribution in [0.15, 0.2) is 46.8 Å². The van der Waals surface area contributed by atoms with Gasteiger partial charge in [-0.2, -0.15) is 5.10 Å². The van der Waals surface area contributed by atoms with Crippen molar-refractivity contribution in [1.82, 2.24) is 10.2 Å². The topological polar surface area (TPSA) is 73.6 Å². The summed E-state index contributed by atoms with van der Waals surface area (Å²) in [5, 5.41) is 23.0. The first-order chi connectivity index (χ1) is 6.86. The normalized spacial score (nSPS) is 10.9. The molecule has 0 aliphatic heterocycles. The summed E-state index contributed by atoms with van der Waals surface area (Å²) in [4.78, 5) is 0. The molecule has 1 heterocycles. The van der Waals surface area contributed by atoms with Gasteiger partial charge in [0.05, 0.1) is 11.9 Å². The minimum atomic E-state index is -0.00955. The van der Waals surface area contributed by atoms with E-state index in [4.69, 9.17) is 0 Å². The number of aromatic hydroxyl groups is 1. The van der Waals surface area contributed by atoms with Crippen LogP contribution in [0.5, 0.6) is 5.75 Å². The molecule has 0 aliphatic rings. The van der Waals surface area contributed by atoms with Crippen molar-refractivity contribution in [3.8, 4) is 5.75 Å². The van der Waals surface area contributed by atoms with Gasteiger partial charge in [-0.15, -0.1) is 10.2 Å². The molecular formula is C9H8N4O. The van der Waals surface area contributed by atoms with Gasteiger partial charge in [-0.25, -0.2) is 0 Å². The number of aromatic amines is 1. The predicted octanol–water partition coefficient (Wildman–Crippen LogP) is 2.53. The molecule has 70 valence electrons. The molecule has 5 heteroatoms. The second-order valence-electron chi connectivity index (χ2n) is 2.64. The number of rotatable bonds is 2. The van der Waals surface area contributed by atoms with Gasteiger partial charge in [0.1, 0.15) is 0 Å². The number of nitrogens with zero attached hydrogens (tertiary/aromatic N) is 3. The highest BCUT2D eigenvalue weighted by Crippen LogP contribution is 2.23. The number of H-pyrrole nitrogens is 1. The van der Waals surface area contributed by atoms with Crippen LogP contribution in [0.2, 0.25) is 0 Å². The summed E-state index contributed by atoms with van der Waals surface area (Å²) in [5.74, 6) is 0.249. The molecule has 0 bridgehead atoms. The molecule has 0 amide bonds. The minimum absolute atomic E-state index is 0.00955. The van der Waals surface area contributed by atoms with Crippen molar-refractivity contribution < 1.29 is 5.11 Å². The summed E-state index contributed by atoms with van der Waals surface area (Å²) >= 11 is 0. The molecule has 1 aromatic heterocycles. The lowest BCUT2D eigenvalue weighted by Crippen LogP contribution is -1.64. The highest BCUT2D eigenvalue weighted by Gasteiger charge is 1.99. The van der Waals surface area contributed by atoms with Crippen molar-refractivity contribution in [3.63, 3.8) is 0 Å². The zero-order chi connectivity index (χ0) is 9.80. The number of hydrogen-bond acceptors (Lipinski definition) is 4. The van der Waals surface area contributed by atoms with E-state index in [0.29, 0.717) is 0 Å². The average Bonchev–Trinajstić information content (AvgIpc) is 2.63. The second kappa shape index (κ2) is 3.69. The van der Waals surface area contributed by atoms with Crippen molar-refractivity contribution in [2.24, 2.45) is 10.2 Å². The molecule has 5 nitrogen and oxygen atoms in total. The predicted molar refractivity (Wildman–Crippen MR) is 50.9 cm³/mol. The van der Waals surface area contributed by atoms with E-state index in [0.717, 1.165) is 5.69 Å². The van der Waals surface area contributed by atoms with Gasteiger partial charge in [0.2, 0.25) is 5.82 Å². The van der Waals surface area contributed by atoms with Crippen LogP contribution in [-0.2, 0) is 0 Å². The Kier molecular flexibility index (Phi) is 2.22. The van der Waals surface area contributed by atoms with Gasteiger partial charge in [0.15, 0.2) is 5.75 Å². The lowest BCUT2D eigenvalue weighted by molar-refractivity contribution is 0.476. The number of aromatic nitrogens is 2. The molecule has 2 aromatic rings. The molecule has 0 aliphatic carbocycles. The third-order valence-corrected chi connectivity index (χ3v) is 1.62. The van der Waals surface area contributed by atoms with E-state index in [-0.39, 0.29) is 11.6 Å². The number of azo groups is 1. The van der Waals surface area contributed by atoms with Crippen molar-refractivity contribution >= 4 is 11.5 Å². The maximum atomic E-state index is 9.18. The van der Waals surface area contributed by atoms with Crippen LogP contribution in [-0.4, -0.2) is 15.3 Å². The molecular weight excluding hydrogens is 180 g/mol. The fourth-order valence-electron chi connectivity index (χ4n) is 0.949. The zero-order valence-electron chi connectivity index (χ0n) is 7.25.